The Hall–Kier alpha value is -2.83. The van der Waals surface area contributed by atoms with Crippen molar-refractivity contribution in [2.75, 3.05) is 18.0 Å². The summed E-state index contributed by atoms with van der Waals surface area (Å²) >= 11 is 0. The molecule has 140 valence electrons. The number of rotatable bonds is 3. The molecular formula is C20H22N4O3. The first-order chi connectivity index (χ1) is 13.1. The molecule has 6 rings (SSSR count). The molecule has 2 bridgehead atoms. The van der Waals surface area contributed by atoms with E-state index in [0.29, 0.717) is 19.1 Å². The first kappa shape index (κ1) is 16.4. The van der Waals surface area contributed by atoms with Crippen LogP contribution in [0.15, 0.2) is 33.2 Å². The third-order valence-electron chi connectivity index (χ3n) is 5.86. The summed E-state index contributed by atoms with van der Waals surface area (Å²) in [6, 6.07) is 8.52. The van der Waals surface area contributed by atoms with Crippen molar-refractivity contribution in [1.82, 2.24) is 15.0 Å². The summed E-state index contributed by atoms with van der Waals surface area (Å²) in [7, 11) is 0. The molecule has 0 unspecified atom stereocenters. The van der Waals surface area contributed by atoms with Gasteiger partial charge in [-0.15, -0.1) is 0 Å². The van der Waals surface area contributed by atoms with Crippen molar-refractivity contribution in [2.24, 2.45) is 5.92 Å². The molecule has 3 saturated heterocycles. The highest BCUT2D eigenvalue weighted by Crippen LogP contribution is 2.34. The van der Waals surface area contributed by atoms with Gasteiger partial charge in [0, 0.05) is 24.7 Å². The number of nitrogens with zero attached hydrogens (tertiary/aromatic N) is 4. The first-order valence-corrected chi connectivity index (χ1v) is 9.43. The lowest BCUT2D eigenvalue weighted by atomic mass is 9.93. The normalized spacial score (nSPS) is 22.7. The summed E-state index contributed by atoms with van der Waals surface area (Å²) in [5.41, 5.74) is 3.51. The van der Waals surface area contributed by atoms with Crippen molar-refractivity contribution >= 4 is 23.0 Å². The fourth-order valence-corrected chi connectivity index (χ4v) is 4.30. The fourth-order valence-electron chi connectivity index (χ4n) is 4.30. The van der Waals surface area contributed by atoms with Crippen molar-refractivity contribution in [3.63, 3.8) is 0 Å². The van der Waals surface area contributed by atoms with Crippen LogP contribution in [0.3, 0.4) is 0 Å². The predicted octanol–water partition coefficient (Wildman–Crippen LogP) is 3.06. The minimum atomic E-state index is -0.0285. The van der Waals surface area contributed by atoms with Gasteiger partial charge in [0.1, 0.15) is 11.3 Å². The summed E-state index contributed by atoms with van der Waals surface area (Å²) < 4.78 is 11.2. The monoisotopic (exact) mass is 366 g/mol. The van der Waals surface area contributed by atoms with Gasteiger partial charge in [-0.25, -0.2) is 0 Å². The Labute approximate surface area is 156 Å². The van der Waals surface area contributed by atoms with Crippen LogP contribution in [0.25, 0.3) is 11.1 Å². The van der Waals surface area contributed by atoms with Gasteiger partial charge in [0.15, 0.2) is 5.58 Å². The number of amides is 1. The third-order valence-corrected chi connectivity index (χ3v) is 5.86. The highest BCUT2D eigenvalue weighted by Gasteiger charge is 2.42. The lowest BCUT2D eigenvalue weighted by Gasteiger charge is -2.35. The molecule has 7 nitrogen and oxygen atoms in total. The fraction of sp³-hybridized carbons (Fsp3) is 0.450. The third kappa shape index (κ3) is 2.69. The van der Waals surface area contributed by atoms with E-state index in [1.54, 1.807) is 0 Å². The van der Waals surface area contributed by atoms with Crippen LogP contribution in [0.2, 0.25) is 0 Å². The second-order valence-electron chi connectivity index (χ2n) is 7.57. The predicted molar refractivity (Wildman–Crippen MR) is 99.3 cm³/mol. The van der Waals surface area contributed by atoms with Crippen molar-refractivity contribution in [2.45, 2.75) is 39.3 Å². The maximum atomic E-state index is 13.1. The SMILES string of the molecule is Cc1noc(C)c1CN1C(=O)[C@@H]2CC[C@H]1CN(c1nc3ccccc3o1)C2. The summed E-state index contributed by atoms with van der Waals surface area (Å²) in [6.07, 6.45) is 1.91. The molecule has 0 N–H and O–H groups in total. The van der Waals surface area contributed by atoms with Gasteiger partial charge >= 0.3 is 0 Å². The Balaban J connectivity index is 1.44. The van der Waals surface area contributed by atoms with E-state index in [4.69, 9.17) is 8.94 Å². The summed E-state index contributed by atoms with van der Waals surface area (Å²) in [4.78, 5) is 21.9. The quantitative estimate of drug-likeness (QED) is 0.709. The van der Waals surface area contributed by atoms with Crippen molar-refractivity contribution in [1.29, 1.82) is 0 Å². The molecule has 5 heterocycles. The molecular weight excluding hydrogens is 344 g/mol. The molecule has 7 heteroatoms. The number of aryl methyl sites for hydroxylation is 2. The van der Waals surface area contributed by atoms with E-state index in [1.807, 2.05) is 43.0 Å². The van der Waals surface area contributed by atoms with Gasteiger partial charge < -0.3 is 18.7 Å². The molecule has 0 saturated carbocycles. The van der Waals surface area contributed by atoms with E-state index in [-0.39, 0.29) is 17.9 Å². The second kappa shape index (κ2) is 6.11. The minimum absolute atomic E-state index is 0.0285. The maximum absolute atomic E-state index is 13.1. The lowest BCUT2D eigenvalue weighted by molar-refractivity contribution is -0.140. The number of para-hydroxylation sites is 2. The van der Waals surface area contributed by atoms with Gasteiger partial charge in [-0.05, 0) is 38.8 Å². The zero-order valence-corrected chi connectivity index (χ0v) is 15.5. The van der Waals surface area contributed by atoms with Crippen LogP contribution in [0.4, 0.5) is 6.01 Å². The van der Waals surface area contributed by atoms with Crippen LogP contribution >= 0.6 is 0 Å². The molecule has 2 aromatic heterocycles. The highest BCUT2D eigenvalue weighted by atomic mass is 16.5. The Morgan fingerprint density at radius 3 is 2.81 bits per heavy atom. The molecule has 3 aliphatic heterocycles. The van der Waals surface area contributed by atoms with Gasteiger partial charge in [-0.2, -0.15) is 4.98 Å². The summed E-state index contributed by atoms with van der Waals surface area (Å²) in [5.74, 6) is 0.973. The van der Waals surface area contributed by atoms with Crippen LogP contribution < -0.4 is 4.90 Å². The Morgan fingerprint density at radius 2 is 2.04 bits per heavy atom. The molecule has 3 fully saturated rings. The van der Waals surface area contributed by atoms with Crippen LogP contribution in [0, 0.1) is 19.8 Å². The largest absolute Gasteiger partial charge is 0.423 e. The average Bonchev–Trinajstić information content (AvgIpc) is 3.11. The Kier molecular flexibility index (Phi) is 3.70. The number of oxazole rings is 1. The lowest BCUT2D eigenvalue weighted by Crippen LogP contribution is -2.47. The van der Waals surface area contributed by atoms with Crippen LogP contribution in [0.5, 0.6) is 0 Å². The number of carbonyl (C=O) groups is 1. The van der Waals surface area contributed by atoms with E-state index in [9.17, 15) is 4.79 Å². The van der Waals surface area contributed by atoms with Gasteiger partial charge in [0.25, 0.3) is 6.01 Å². The molecule has 1 aromatic carbocycles. The number of benzene rings is 1. The Bertz CT molecular complexity index is 955. The number of carbonyl (C=O) groups excluding carboxylic acids is 1. The van der Waals surface area contributed by atoms with Gasteiger partial charge in [-0.1, -0.05) is 17.3 Å². The number of piperidine rings is 1. The number of hydrogen-bond donors (Lipinski definition) is 0. The molecule has 1 amide bonds. The molecule has 3 aromatic rings. The second-order valence-corrected chi connectivity index (χ2v) is 7.57. The smallest absolute Gasteiger partial charge is 0.298 e. The van der Waals surface area contributed by atoms with E-state index < -0.39 is 0 Å². The molecule has 0 radical (unpaired) electrons. The maximum Gasteiger partial charge on any atom is 0.298 e. The number of aromatic nitrogens is 2. The number of anilines is 1. The number of fused-ring (bicyclic) bond motifs is 5. The average molecular weight is 366 g/mol. The molecule has 0 aliphatic carbocycles. The van der Waals surface area contributed by atoms with Crippen LogP contribution in [0.1, 0.15) is 29.9 Å². The standard InChI is InChI=1S/C20H22N4O3/c1-12-16(13(2)27-22-12)11-24-15-8-7-14(19(24)25)9-23(10-15)20-21-17-5-3-4-6-18(17)26-20/h3-6,14-15H,7-11H2,1-2H3/t14-,15+/m1/s1. The molecule has 0 spiro atoms. The zero-order chi connectivity index (χ0) is 18.5. The van der Waals surface area contributed by atoms with E-state index in [0.717, 1.165) is 47.5 Å². The van der Waals surface area contributed by atoms with Crippen LogP contribution in [-0.2, 0) is 11.3 Å². The van der Waals surface area contributed by atoms with Crippen molar-refractivity contribution in [3.8, 4) is 0 Å². The topological polar surface area (TPSA) is 75.6 Å². The van der Waals surface area contributed by atoms with E-state index in [2.05, 4.69) is 15.0 Å². The summed E-state index contributed by atoms with van der Waals surface area (Å²) in [6.45, 7) is 5.78. The molecule has 2 atom stereocenters. The Morgan fingerprint density at radius 1 is 1.19 bits per heavy atom. The zero-order valence-electron chi connectivity index (χ0n) is 15.5. The summed E-state index contributed by atoms with van der Waals surface area (Å²) in [5, 5.41) is 4.03. The minimum Gasteiger partial charge on any atom is -0.423 e. The van der Waals surface area contributed by atoms with E-state index >= 15 is 0 Å². The van der Waals surface area contributed by atoms with Gasteiger partial charge in [0.05, 0.1) is 18.2 Å². The highest BCUT2D eigenvalue weighted by molar-refractivity contribution is 5.81. The van der Waals surface area contributed by atoms with Crippen molar-refractivity contribution in [3.05, 3.63) is 41.3 Å². The van der Waals surface area contributed by atoms with Gasteiger partial charge in [0.2, 0.25) is 5.91 Å². The molecule has 27 heavy (non-hydrogen) atoms. The van der Waals surface area contributed by atoms with Crippen LogP contribution in [-0.4, -0.2) is 40.1 Å². The van der Waals surface area contributed by atoms with Gasteiger partial charge in [-0.3, -0.25) is 4.79 Å². The number of hydrogen-bond acceptors (Lipinski definition) is 6. The van der Waals surface area contributed by atoms with E-state index in [1.165, 1.54) is 0 Å². The van der Waals surface area contributed by atoms with Crippen molar-refractivity contribution < 1.29 is 13.7 Å². The molecule has 3 aliphatic rings. The first-order valence-electron chi connectivity index (χ1n) is 9.43.